The first-order valence-electron chi connectivity index (χ1n) is 5.57. The molecule has 5 heteroatoms. The van der Waals surface area contributed by atoms with Gasteiger partial charge in [0.25, 0.3) is 5.95 Å². The van der Waals surface area contributed by atoms with Crippen LogP contribution in [0.1, 0.15) is 27.2 Å². The second kappa shape index (κ2) is 5.38. The first-order chi connectivity index (χ1) is 7.82. The van der Waals surface area contributed by atoms with E-state index in [1.54, 1.807) is 7.05 Å². The molecular weight excluding hydrogens is 229 g/mol. The highest BCUT2D eigenvalue weighted by atomic mass is 19.2. The van der Waals surface area contributed by atoms with Crippen molar-refractivity contribution in [3.8, 4) is 0 Å². The van der Waals surface area contributed by atoms with Crippen molar-refractivity contribution >= 4 is 5.82 Å². The lowest BCUT2D eigenvalue weighted by molar-refractivity contribution is 0.453. The Kier molecular flexibility index (Phi) is 4.37. The fraction of sp³-hybridized carbons (Fsp3) is 0.583. The lowest BCUT2D eigenvalue weighted by Crippen LogP contribution is -2.31. The molecule has 0 aliphatic heterocycles. The SMILES string of the molecule is CC(C)CC(C)N(C)c1nc(F)c(F)cc1F. The van der Waals surface area contributed by atoms with Crippen LogP contribution in [-0.2, 0) is 0 Å². The summed E-state index contributed by atoms with van der Waals surface area (Å²) < 4.78 is 39.2. The van der Waals surface area contributed by atoms with Crippen LogP contribution in [0.2, 0.25) is 0 Å². The van der Waals surface area contributed by atoms with Gasteiger partial charge in [0, 0.05) is 19.2 Å². The molecule has 0 fully saturated rings. The molecule has 0 amide bonds. The van der Waals surface area contributed by atoms with Crippen LogP contribution in [0.4, 0.5) is 19.0 Å². The van der Waals surface area contributed by atoms with E-state index in [9.17, 15) is 13.2 Å². The predicted octanol–water partition coefficient (Wildman–Crippen LogP) is 3.37. The third-order valence-corrected chi connectivity index (χ3v) is 2.68. The Morgan fingerprint density at radius 2 is 1.76 bits per heavy atom. The molecule has 0 aromatic carbocycles. The summed E-state index contributed by atoms with van der Waals surface area (Å²) in [5.74, 6) is -3.11. The maximum absolute atomic E-state index is 13.5. The smallest absolute Gasteiger partial charge is 0.251 e. The molecule has 2 nitrogen and oxygen atoms in total. The Labute approximate surface area is 99.5 Å². The van der Waals surface area contributed by atoms with Gasteiger partial charge in [-0.1, -0.05) is 13.8 Å². The standard InChI is InChI=1S/C12H17F3N2/c1-7(2)5-8(3)17(4)12-10(14)6-9(13)11(15)16-12/h6-8H,5H2,1-4H3. The van der Waals surface area contributed by atoms with Crippen molar-refractivity contribution in [2.75, 3.05) is 11.9 Å². The van der Waals surface area contributed by atoms with Gasteiger partial charge >= 0.3 is 0 Å². The zero-order valence-electron chi connectivity index (χ0n) is 10.5. The van der Waals surface area contributed by atoms with Crippen molar-refractivity contribution in [1.82, 2.24) is 4.98 Å². The number of anilines is 1. The molecule has 1 aromatic rings. The molecule has 0 spiro atoms. The van der Waals surface area contributed by atoms with Crippen molar-refractivity contribution in [2.24, 2.45) is 5.92 Å². The van der Waals surface area contributed by atoms with Gasteiger partial charge in [-0.2, -0.15) is 9.37 Å². The fourth-order valence-electron chi connectivity index (χ4n) is 1.73. The molecular formula is C12H17F3N2. The van der Waals surface area contributed by atoms with Gasteiger partial charge in [0.1, 0.15) is 0 Å². The van der Waals surface area contributed by atoms with E-state index < -0.39 is 17.6 Å². The van der Waals surface area contributed by atoms with E-state index in [-0.39, 0.29) is 11.9 Å². The van der Waals surface area contributed by atoms with Crippen LogP contribution in [0, 0.1) is 23.5 Å². The van der Waals surface area contributed by atoms with Crippen molar-refractivity contribution in [2.45, 2.75) is 33.2 Å². The summed E-state index contributed by atoms with van der Waals surface area (Å²) >= 11 is 0. The highest BCUT2D eigenvalue weighted by molar-refractivity contribution is 5.40. The molecule has 0 aliphatic rings. The molecule has 1 unspecified atom stereocenters. The third-order valence-electron chi connectivity index (χ3n) is 2.68. The summed E-state index contributed by atoms with van der Waals surface area (Å²) in [6.07, 6.45) is 0.816. The summed E-state index contributed by atoms with van der Waals surface area (Å²) in [6, 6.07) is 0.526. The third kappa shape index (κ3) is 3.35. The number of rotatable bonds is 4. The van der Waals surface area contributed by atoms with Crippen LogP contribution in [0.3, 0.4) is 0 Å². The Morgan fingerprint density at radius 1 is 1.18 bits per heavy atom. The molecule has 0 bridgehead atoms. The lowest BCUT2D eigenvalue weighted by Gasteiger charge is -2.27. The number of nitrogens with zero attached hydrogens (tertiary/aromatic N) is 2. The van der Waals surface area contributed by atoms with Crippen molar-refractivity contribution < 1.29 is 13.2 Å². The highest BCUT2D eigenvalue weighted by Gasteiger charge is 2.19. The molecule has 0 aliphatic carbocycles. The van der Waals surface area contributed by atoms with Crippen LogP contribution in [0.15, 0.2) is 6.07 Å². The Bertz CT molecular complexity index is 394. The number of pyridine rings is 1. The highest BCUT2D eigenvalue weighted by Crippen LogP contribution is 2.21. The summed E-state index contributed by atoms with van der Waals surface area (Å²) in [5, 5.41) is 0. The first-order valence-corrected chi connectivity index (χ1v) is 5.57. The fourth-order valence-corrected chi connectivity index (χ4v) is 1.73. The second-order valence-electron chi connectivity index (χ2n) is 4.66. The number of halogens is 3. The largest absolute Gasteiger partial charge is 0.354 e. The molecule has 1 aromatic heterocycles. The van der Waals surface area contributed by atoms with Gasteiger partial charge in [0.2, 0.25) is 0 Å². The summed E-state index contributed by atoms with van der Waals surface area (Å²) in [5.41, 5.74) is 0. The van der Waals surface area contributed by atoms with E-state index in [0.29, 0.717) is 12.0 Å². The number of aromatic nitrogens is 1. The van der Waals surface area contributed by atoms with Crippen molar-refractivity contribution in [3.05, 3.63) is 23.6 Å². The van der Waals surface area contributed by atoms with Gasteiger partial charge in [-0.25, -0.2) is 8.78 Å². The molecule has 0 radical (unpaired) electrons. The van der Waals surface area contributed by atoms with Gasteiger partial charge in [-0.3, -0.25) is 0 Å². The molecule has 1 heterocycles. The molecule has 0 saturated heterocycles. The topological polar surface area (TPSA) is 16.1 Å². The molecule has 17 heavy (non-hydrogen) atoms. The first kappa shape index (κ1) is 13.8. The Balaban J connectivity index is 2.95. The molecule has 1 rings (SSSR count). The molecule has 96 valence electrons. The minimum absolute atomic E-state index is 0.00172. The zero-order chi connectivity index (χ0) is 13.2. The van der Waals surface area contributed by atoms with Crippen LogP contribution >= 0.6 is 0 Å². The van der Waals surface area contributed by atoms with Gasteiger partial charge < -0.3 is 4.90 Å². The average molecular weight is 246 g/mol. The minimum atomic E-state index is -1.27. The van der Waals surface area contributed by atoms with Gasteiger partial charge in [0.05, 0.1) is 0 Å². The van der Waals surface area contributed by atoms with E-state index in [2.05, 4.69) is 4.98 Å². The van der Waals surface area contributed by atoms with Crippen molar-refractivity contribution in [1.29, 1.82) is 0 Å². The quantitative estimate of drug-likeness (QED) is 0.757. The van der Waals surface area contributed by atoms with E-state index in [1.807, 2.05) is 20.8 Å². The Morgan fingerprint density at radius 3 is 2.29 bits per heavy atom. The maximum Gasteiger partial charge on any atom is 0.251 e. The van der Waals surface area contributed by atoms with E-state index in [1.165, 1.54) is 4.90 Å². The molecule has 0 saturated carbocycles. The van der Waals surface area contributed by atoms with E-state index >= 15 is 0 Å². The molecule has 0 N–H and O–H groups in total. The predicted molar refractivity (Wildman–Crippen MR) is 61.4 cm³/mol. The van der Waals surface area contributed by atoms with Crippen LogP contribution in [0.5, 0.6) is 0 Å². The van der Waals surface area contributed by atoms with Crippen LogP contribution in [-0.4, -0.2) is 18.1 Å². The van der Waals surface area contributed by atoms with Crippen LogP contribution in [0.25, 0.3) is 0 Å². The number of hydrogen-bond donors (Lipinski definition) is 0. The van der Waals surface area contributed by atoms with Gasteiger partial charge in [-0.05, 0) is 19.3 Å². The summed E-state index contributed by atoms with van der Waals surface area (Å²) in [4.78, 5) is 4.84. The maximum atomic E-state index is 13.5. The minimum Gasteiger partial charge on any atom is -0.354 e. The Hall–Kier alpha value is -1.26. The molecule has 1 atom stereocenters. The van der Waals surface area contributed by atoms with Crippen molar-refractivity contribution in [3.63, 3.8) is 0 Å². The summed E-state index contributed by atoms with van der Waals surface area (Å²) in [6.45, 7) is 5.97. The van der Waals surface area contributed by atoms with Crippen LogP contribution < -0.4 is 4.90 Å². The zero-order valence-corrected chi connectivity index (χ0v) is 10.5. The summed E-state index contributed by atoms with van der Waals surface area (Å²) in [7, 11) is 1.62. The van der Waals surface area contributed by atoms with E-state index in [4.69, 9.17) is 0 Å². The number of hydrogen-bond acceptors (Lipinski definition) is 2. The normalized spacial score (nSPS) is 12.9. The monoisotopic (exact) mass is 246 g/mol. The lowest BCUT2D eigenvalue weighted by atomic mass is 10.0. The van der Waals surface area contributed by atoms with Gasteiger partial charge in [0.15, 0.2) is 17.5 Å². The second-order valence-corrected chi connectivity index (χ2v) is 4.66. The van der Waals surface area contributed by atoms with E-state index in [0.717, 1.165) is 6.42 Å². The average Bonchev–Trinajstić information content (AvgIpc) is 2.21. The van der Waals surface area contributed by atoms with Gasteiger partial charge in [-0.15, -0.1) is 0 Å².